The van der Waals surface area contributed by atoms with Gasteiger partial charge in [-0.25, -0.2) is 0 Å². The number of halogens is 1. The van der Waals surface area contributed by atoms with Gasteiger partial charge in [0.25, 0.3) is 11.7 Å². The highest BCUT2D eigenvalue weighted by molar-refractivity contribution is 9.10. The van der Waals surface area contributed by atoms with E-state index in [2.05, 4.69) is 36.7 Å². The third kappa shape index (κ3) is 5.14. The van der Waals surface area contributed by atoms with Crippen LogP contribution in [0.3, 0.4) is 0 Å². The van der Waals surface area contributed by atoms with E-state index in [1.807, 2.05) is 48.5 Å². The second-order valence-electron chi connectivity index (χ2n) is 9.96. The van der Waals surface area contributed by atoms with Crippen LogP contribution in [0.15, 0.2) is 76.8 Å². The van der Waals surface area contributed by atoms with Gasteiger partial charge in [-0.05, 0) is 56.7 Å². The second kappa shape index (κ2) is 10.4. The fourth-order valence-corrected chi connectivity index (χ4v) is 5.08. The summed E-state index contributed by atoms with van der Waals surface area (Å²) < 4.78 is 11.4. The van der Waals surface area contributed by atoms with Crippen LogP contribution in [0.5, 0.6) is 11.5 Å². The van der Waals surface area contributed by atoms with Crippen molar-refractivity contribution >= 4 is 33.4 Å². The van der Waals surface area contributed by atoms with Gasteiger partial charge in [-0.15, -0.1) is 0 Å². The Labute approximate surface area is 225 Å². The number of para-hydroxylation sites is 1. The number of aliphatic hydroxyl groups is 1. The fraction of sp³-hybridized carbons (Fsp3) is 0.267. The number of hydrogen-bond acceptors (Lipinski definition) is 5. The van der Waals surface area contributed by atoms with E-state index in [1.54, 1.807) is 32.4 Å². The smallest absolute Gasteiger partial charge is 0.295 e. The summed E-state index contributed by atoms with van der Waals surface area (Å²) in [4.78, 5) is 28.3. The Balaban J connectivity index is 1.88. The first kappa shape index (κ1) is 26.5. The largest absolute Gasteiger partial charge is 0.507 e. The lowest BCUT2D eigenvalue weighted by Gasteiger charge is -2.27. The minimum Gasteiger partial charge on any atom is -0.507 e. The van der Waals surface area contributed by atoms with Crippen molar-refractivity contribution in [3.05, 3.63) is 99.0 Å². The summed E-state index contributed by atoms with van der Waals surface area (Å²) in [7, 11) is 3.11. The number of hydrogen-bond donors (Lipinski definition) is 1. The van der Waals surface area contributed by atoms with Gasteiger partial charge in [0, 0.05) is 11.1 Å². The second-order valence-corrected chi connectivity index (χ2v) is 10.8. The molecule has 1 N–H and O–H groups in total. The predicted molar refractivity (Wildman–Crippen MR) is 147 cm³/mol. The van der Waals surface area contributed by atoms with Crippen LogP contribution in [0, 0.1) is 0 Å². The Morgan fingerprint density at radius 1 is 0.946 bits per heavy atom. The molecule has 0 saturated carbocycles. The number of carbonyl (C=O) groups is 2. The molecule has 37 heavy (non-hydrogen) atoms. The van der Waals surface area contributed by atoms with Crippen molar-refractivity contribution < 1.29 is 24.2 Å². The number of carbonyl (C=O) groups excluding carboxylic acids is 2. The van der Waals surface area contributed by atoms with Gasteiger partial charge in [0.2, 0.25) is 0 Å². The lowest BCUT2D eigenvalue weighted by atomic mass is 9.85. The fourth-order valence-electron chi connectivity index (χ4n) is 4.54. The normalized spacial score (nSPS) is 17.2. The minimum atomic E-state index is -0.778. The molecule has 1 amide bonds. The Hall–Kier alpha value is -3.58. The molecule has 3 aromatic carbocycles. The van der Waals surface area contributed by atoms with Gasteiger partial charge in [-0.1, -0.05) is 63.2 Å². The van der Waals surface area contributed by atoms with Gasteiger partial charge in [0.1, 0.15) is 17.3 Å². The summed E-state index contributed by atoms with van der Waals surface area (Å²) >= 11 is 3.43. The lowest BCUT2D eigenvalue weighted by Crippen LogP contribution is -2.29. The monoisotopic (exact) mass is 563 g/mol. The molecule has 4 rings (SSSR count). The van der Waals surface area contributed by atoms with E-state index in [1.165, 1.54) is 4.90 Å². The molecule has 0 bridgehead atoms. The Bertz CT molecular complexity index is 1370. The Kier molecular flexibility index (Phi) is 7.46. The third-order valence-corrected chi connectivity index (χ3v) is 7.21. The number of likely N-dealkylation sites (tertiary alicyclic amines) is 1. The number of Topliss-reactive ketones (excluding diaryl/α,β-unsaturated/α-hetero) is 1. The van der Waals surface area contributed by atoms with Crippen molar-refractivity contribution in [3.63, 3.8) is 0 Å². The molecule has 1 atom stereocenters. The number of rotatable bonds is 6. The molecule has 1 aliphatic rings. The zero-order valence-corrected chi connectivity index (χ0v) is 23.1. The molecule has 1 unspecified atom stereocenters. The van der Waals surface area contributed by atoms with E-state index in [0.717, 1.165) is 16.7 Å². The summed E-state index contributed by atoms with van der Waals surface area (Å²) in [5, 5.41) is 11.4. The predicted octanol–water partition coefficient (Wildman–Crippen LogP) is 6.39. The van der Waals surface area contributed by atoms with E-state index in [0.29, 0.717) is 21.5 Å². The average Bonchev–Trinajstić information content (AvgIpc) is 3.13. The quantitative estimate of drug-likeness (QED) is 0.214. The molecule has 7 heteroatoms. The average molecular weight is 564 g/mol. The standard InChI is InChI=1S/C30H30BrNO5/c1-30(2,3)21-13-10-18(11-14-21)26-25(27(33)19-12-15-24(37-5)22(31)16-19)28(34)29(35)32(26)17-20-8-6-7-9-23(20)36-4/h6-16,26,33H,17H2,1-5H3/b27-25-. The van der Waals surface area contributed by atoms with Crippen LogP contribution in [-0.4, -0.2) is 35.9 Å². The van der Waals surface area contributed by atoms with Gasteiger partial charge in [0.15, 0.2) is 0 Å². The molecular formula is C30H30BrNO5. The van der Waals surface area contributed by atoms with Crippen LogP contribution in [0.25, 0.3) is 5.76 Å². The van der Waals surface area contributed by atoms with E-state index >= 15 is 0 Å². The maximum atomic E-state index is 13.4. The topological polar surface area (TPSA) is 76.1 Å². The molecule has 1 saturated heterocycles. The van der Waals surface area contributed by atoms with Crippen LogP contribution in [0.4, 0.5) is 0 Å². The van der Waals surface area contributed by atoms with E-state index < -0.39 is 17.7 Å². The summed E-state index contributed by atoms with van der Waals surface area (Å²) in [6.07, 6.45) is 0. The number of ketones is 1. The molecule has 1 heterocycles. The summed E-state index contributed by atoms with van der Waals surface area (Å²) in [5.74, 6) is -0.448. The van der Waals surface area contributed by atoms with Gasteiger partial charge in [-0.2, -0.15) is 0 Å². The van der Waals surface area contributed by atoms with Crippen LogP contribution in [-0.2, 0) is 21.5 Å². The first-order valence-corrected chi connectivity index (χ1v) is 12.7. The first-order chi connectivity index (χ1) is 17.6. The van der Waals surface area contributed by atoms with Crippen molar-refractivity contribution in [2.45, 2.75) is 38.8 Å². The molecule has 3 aromatic rings. The number of ether oxygens (including phenoxy) is 2. The Morgan fingerprint density at radius 3 is 2.19 bits per heavy atom. The first-order valence-electron chi connectivity index (χ1n) is 11.9. The van der Waals surface area contributed by atoms with Gasteiger partial charge in [0.05, 0.1) is 36.9 Å². The molecule has 1 fully saturated rings. The maximum Gasteiger partial charge on any atom is 0.295 e. The zero-order chi connectivity index (χ0) is 26.9. The molecule has 0 aliphatic carbocycles. The number of methoxy groups -OCH3 is 2. The number of benzene rings is 3. The van der Waals surface area contributed by atoms with Crippen molar-refractivity contribution in [2.24, 2.45) is 0 Å². The van der Waals surface area contributed by atoms with E-state index in [9.17, 15) is 14.7 Å². The van der Waals surface area contributed by atoms with E-state index in [-0.39, 0.29) is 23.3 Å². The molecule has 192 valence electrons. The van der Waals surface area contributed by atoms with Gasteiger partial charge >= 0.3 is 0 Å². The molecule has 0 radical (unpaired) electrons. The lowest BCUT2D eigenvalue weighted by molar-refractivity contribution is -0.140. The third-order valence-electron chi connectivity index (χ3n) is 6.59. The molecule has 1 aliphatic heterocycles. The van der Waals surface area contributed by atoms with Crippen molar-refractivity contribution in [1.29, 1.82) is 0 Å². The summed E-state index contributed by atoms with van der Waals surface area (Å²) in [6, 6.07) is 19.5. The molecule has 0 aromatic heterocycles. The number of aliphatic hydroxyl groups excluding tert-OH is 1. The minimum absolute atomic E-state index is 0.0421. The van der Waals surface area contributed by atoms with Crippen molar-refractivity contribution in [2.75, 3.05) is 14.2 Å². The highest BCUT2D eigenvalue weighted by Gasteiger charge is 2.46. The molecular weight excluding hydrogens is 534 g/mol. The molecule has 6 nitrogen and oxygen atoms in total. The van der Waals surface area contributed by atoms with Crippen LogP contribution in [0.2, 0.25) is 0 Å². The van der Waals surface area contributed by atoms with Gasteiger partial charge in [-0.3, -0.25) is 9.59 Å². The Morgan fingerprint density at radius 2 is 1.59 bits per heavy atom. The maximum absolute atomic E-state index is 13.4. The highest BCUT2D eigenvalue weighted by Crippen LogP contribution is 2.42. The van der Waals surface area contributed by atoms with Crippen LogP contribution in [0.1, 0.15) is 49.1 Å². The number of amides is 1. The van der Waals surface area contributed by atoms with Gasteiger partial charge < -0.3 is 19.5 Å². The van der Waals surface area contributed by atoms with Crippen molar-refractivity contribution in [3.8, 4) is 11.5 Å². The van der Waals surface area contributed by atoms with Crippen LogP contribution >= 0.6 is 15.9 Å². The number of nitrogens with zero attached hydrogens (tertiary/aromatic N) is 1. The SMILES string of the molecule is COc1ccc(/C(O)=C2/C(=O)C(=O)N(Cc3ccccc3OC)C2c2ccc(C(C)(C)C)cc2)cc1Br. The van der Waals surface area contributed by atoms with Crippen LogP contribution < -0.4 is 9.47 Å². The molecule has 0 spiro atoms. The zero-order valence-electron chi connectivity index (χ0n) is 21.5. The summed E-state index contributed by atoms with van der Waals surface area (Å²) in [5.41, 5.74) is 3.00. The van der Waals surface area contributed by atoms with Crippen molar-refractivity contribution in [1.82, 2.24) is 4.90 Å². The summed E-state index contributed by atoms with van der Waals surface area (Å²) in [6.45, 7) is 6.51. The highest BCUT2D eigenvalue weighted by atomic mass is 79.9. The van der Waals surface area contributed by atoms with E-state index in [4.69, 9.17) is 9.47 Å².